The van der Waals surface area contributed by atoms with E-state index in [9.17, 15) is 4.79 Å². The van der Waals surface area contributed by atoms with Crippen LogP contribution in [0.5, 0.6) is 0 Å². The van der Waals surface area contributed by atoms with Crippen molar-refractivity contribution >= 4 is 5.91 Å². The lowest BCUT2D eigenvalue weighted by atomic mass is 9.91. The topological polar surface area (TPSA) is 32.3 Å². The molecule has 0 radical (unpaired) electrons. The maximum atomic E-state index is 11.8. The molecule has 3 nitrogen and oxygen atoms in total. The van der Waals surface area contributed by atoms with Crippen molar-refractivity contribution in [2.75, 3.05) is 13.6 Å². The van der Waals surface area contributed by atoms with Gasteiger partial charge in [0, 0.05) is 25.6 Å². The third-order valence-corrected chi connectivity index (χ3v) is 3.40. The average molecular weight is 194 g/mol. The summed E-state index contributed by atoms with van der Waals surface area (Å²) in [5.74, 6) is 0.660. The summed E-state index contributed by atoms with van der Waals surface area (Å²) in [7, 11) is 1.89. The first-order valence-corrected chi connectivity index (χ1v) is 5.36. The lowest BCUT2D eigenvalue weighted by molar-refractivity contribution is -0.131. The van der Waals surface area contributed by atoms with Crippen molar-refractivity contribution < 1.29 is 4.79 Å². The molecule has 2 aliphatic heterocycles. The average Bonchev–Trinajstić information content (AvgIpc) is 2.30. The second-order valence-corrected chi connectivity index (χ2v) is 4.37. The molecule has 14 heavy (non-hydrogen) atoms. The van der Waals surface area contributed by atoms with Crippen LogP contribution in [0.15, 0.2) is 12.7 Å². The van der Waals surface area contributed by atoms with E-state index in [1.807, 2.05) is 18.0 Å². The predicted molar refractivity (Wildman–Crippen MR) is 55.9 cm³/mol. The van der Waals surface area contributed by atoms with Gasteiger partial charge < -0.3 is 10.2 Å². The highest BCUT2D eigenvalue weighted by atomic mass is 16.2. The molecule has 3 unspecified atom stereocenters. The van der Waals surface area contributed by atoms with Gasteiger partial charge in [-0.05, 0) is 19.3 Å². The van der Waals surface area contributed by atoms with Gasteiger partial charge in [0.25, 0.3) is 0 Å². The van der Waals surface area contributed by atoms with Gasteiger partial charge in [-0.15, -0.1) is 6.58 Å². The van der Waals surface area contributed by atoms with E-state index in [0.717, 1.165) is 19.4 Å². The van der Waals surface area contributed by atoms with E-state index in [4.69, 9.17) is 0 Å². The first-order valence-electron chi connectivity index (χ1n) is 5.36. The van der Waals surface area contributed by atoms with E-state index in [0.29, 0.717) is 12.0 Å². The van der Waals surface area contributed by atoms with Crippen LogP contribution in [-0.2, 0) is 4.79 Å². The molecule has 0 aromatic rings. The summed E-state index contributed by atoms with van der Waals surface area (Å²) in [6.45, 7) is 4.67. The predicted octanol–water partition coefficient (Wildman–Crippen LogP) is 0.771. The molecule has 0 aromatic heterocycles. The van der Waals surface area contributed by atoms with Gasteiger partial charge in [0.1, 0.15) is 0 Å². The summed E-state index contributed by atoms with van der Waals surface area (Å²) in [5, 5.41) is 3.43. The summed E-state index contributed by atoms with van der Waals surface area (Å²) in [6.07, 6.45) is 5.30. The monoisotopic (exact) mass is 194 g/mol. The highest BCUT2D eigenvalue weighted by Gasteiger charge is 2.35. The van der Waals surface area contributed by atoms with Crippen LogP contribution in [0.2, 0.25) is 0 Å². The van der Waals surface area contributed by atoms with Crippen molar-refractivity contribution in [3.8, 4) is 0 Å². The van der Waals surface area contributed by atoms with Gasteiger partial charge >= 0.3 is 0 Å². The van der Waals surface area contributed by atoms with Crippen molar-refractivity contribution in [1.29, 1.82) is 0 Å². The molecule has 1 N–H and O–H groups in total. The number of carbonyl (C=O) groups is 1. The van der Waals surface area contributed by atoms with Crippen LogP contribution in [0.25, 0.3) is 0 Å². The molecule has 78 valence electrons. The Hall–Kier alpha value is -0.830. The molecule has 3 atom stereocenters. The third-order valence-electron chi connectivity index (χ3n) is 3.40. The van der Waals surface area contributed by atoms with Gasteiger partial charge in [0.2, 0.25) is 5.91 Å². The van der Waals surface area contributed by atoms with Crippen molar-refractivity contribution in [2.45, 2.75) is 31.3 Å². The van der Waals surface area contributed by atoms with E-state index in [2.05, 4.69) is 11.9 Å². The largest absolute Gasteiger partial charge is 0.344 e. The number of fused-ring (bicyclic) bond motifs is 2. The van der Waals surface area contributed by atoms with Crippen LogP contribution in [0.3, 0.4) is 0 Å². The van der Waals surface area contributed by atoms with Crippen LogP contribution in [0, 0.1) is 5.92 Å². The Morgan fingerprint density at radius 3 is 3.07 bits per heavy atom. The second-order valence-electron chi connectivity index (χ2n) is 4.37. The molecule has 2 aliphatic rings. The quantitative estimate of drug-likeness (QED) is 0.625. The lowest BCUT2D eigenvalue weighted by Gasteiger charge is -2.29. The van der Waals surface area contributed by atoms with Gasteiger partial charge in [-0.3, -0.25) is 4.79 Å². The summed E-state index contributed by atoms with van der Waals surface area (Å²) >= 11 is 0. The minimum Gasteiger partial charge on any atom is -0.344 e. The van der Waals surface area contributed by atoms with Crippen molar-refractivity contribution in [2.24, 2.45) is 5.92 Å². The number of likely N-dealkylation sites (N-methyl/N-ethyl adjacent to an activating group) is 1. The SMILES string of the molecule is C=CC1CN(C)C(=O)C2CCCC1N2. The molecule has 3 heteroatoms. The Bertz CT molecular complexity index is 252. The van der Waals surface area contributed by atoms with Crippen molar-refractivity contribution in [1.82, 2.24) is 10.2 Å². The Balaban J connectivity index is 2.20. The first kappa shape index (κ1) is 9.71. The molecule has 2 rings (SSSR count). The van der Waals surface area contributed by atoms with Gasteiger partial charge in [-0.1, -0.05) is 6.08 Å². The van der Waals surface area contributed by atoms with Crippen LogP contribution >= 0.6 is 0 Å². The molecule has 0 aliphatic carbocycles. The van der Waals surface area contributed by atoms with Gasteiger partial charge in [0.05, 0.1) is 6.04 Å². The summed E-state index contributed by atoms with van der Waals surface area (Å²) in [4.78, 5) is 13.7. The standard InChI is InChI=1S/C11H18N2O/c1-3-8-7-13(2)11(14)10-6-4-5-9(8)12-10/h3,8-10,12H,1,4-7H2,2H3. The number of hydrogen-bond donors (Lipinski definition) is 1. The summed E-state index contributed by atoms with van der Waals surface area (Å²) in [6, 6.07) is 0.517. The number of nitrogens with zero attached hydrogens (tertiary/aromatic N) is 1. The third kappa shape index (κ3) is 1.57. The number of carbonyl (C=O) groups excluding carboxylic acids is 1. The van der Waals surface area contributed by atoms with Crippen LogP contribution in [0.4, 0.5) is 0 Å². The van der Waals surface area contributed by atoms with E-state index < -0.39 is 0 Å². The maximum Gasteiger partial charge on any atom is 0.239 e. The summed E-state index contributed by atoms with van der Waals surface area (Å²) < 4.78 is 0. The maximum absolute atomic E-state index is 11.8. The Labute approximate surface area is 85.2 Å². The van der Waals surface area contributed by atoms with E-state index in [1.54, 1.807) is 0 Å². The molecular weight excluding hydrogens is 176 g/mol. The second kappa shape index (κ2) is 3.73. The van der Waals surface area contributed by atoms with E-state index >= 15 is 0 Å². The highest BCUT2D eigenvalue weighted by molar-refractivity contribution is 5.82. The fraction of sp³-hybridized carbons (Fsp3) is 0.727. The van der Waals surface area contributed by atoms with Crippen LogP contribution in [-0.4, -0.2) is 36.5 Å². The zero-order chi connectivity index (χ0) is 10.1. The van der Waals surface area contributed by atoms with Gasteiger partial charge in [-0.25, -0.2) is 0 Å². The van der Waals surface area contributed by atoms with Gasteiger partial charge in [-0.2, -0.15) is 0 Å². The zero-order valence-corrected chi connectivity index (χ0v) is 8.70. The molecule has 0 saturated carbocycles. The molecule has 2 heterocycles. The molecule has 1 amide bonds. The fourth-order valence-corrected chi connectivity index (χ4v) is 2.54. The Kier molecular flexibility index (Phi) is 2.59. The first-order chi connectivity index (χ1) is 6.72. The minimum atomic E-state index is 0.0590. The zero-order valence-electron chi connectivity index (χ0n) is 8.70. The number of piperidine rings is 1. The van der Waals surface area contributed by atoms with Crippen LogP contribution in [0.1, 0.15) is 19.3 Å². The van der Waals surface area contributed by atoms with E-state index in [1.165, 1.54) is 6.42 Å². The van der Waals surface area contributed by atoms with Gasteiger partial charge in [0.15, 0.2) is 0 Å². The summed E-state index contributed by atoms with van der Waals surface area (Å²) in [5.41, 5.74) is 0. The fourth-order valence-electron chi connectivity index (χ4n) is 2.54. The molecule has 0 spiro atoms. The normalized spacial score (nSPS) is 37.9. The van der Waals surface area contributed by atoms with Crippen molar-refractivity contribution in [3.63, 3.8) is 0 Å². The molecule has 0 aromatic carbocycles. The number of nitrogens with one attached hydrogen (secondary N) is 1. The number of amides is 1. The van der Waals surface area contributed by atoms with Crippen LogP contribution < -0.4 is 5.32 Å². The highest BCUT2D eigenvalue weighted by Crippen LogP contribution is 2.24. The number of rotatable bonds is 1. The molecule has 2 bridgehead atoms. The minimum absolute atomic E-state index is 0.0590. The molecule has 2 saturated heterocycles. The molecular formula is C11H18N2O. The lowest BCUT2D eigenvalue weighted by Crippen LogP contribution is -2.48. The van der Waals surface area contributed by atoms with Crippen molar-refractivity contribution in [3.05, 3.63) is 12.7 Å². The molecule has 2 fully saturated rings. The van der Waals surface area contributed by atoms with E-state index in [-0.39, 0.29) is 11.9 Å². The number of hydrogen-bond acceptors (Lipinski definition) is 2. The Morgan fingerprint density at radius 2 is 2.36 bits per heavy atom. The smallest absolute Gasteiger partial charge is 0.239 e. The Morgan fingerprint density at radius 1 is 1.57 bits per heavy atom.